The van der Waals surface area contributed by atoms with Crippen molar-refractivity contribution in [3.8, 4) is 0 Å². The molecule has 1 fully saturated rings. The lowest BCUT2D eigenvalue weighted by molar-refractivity contribution is -0.156. The third-order valence-corrected chi connectivity index (χ3v) is 3.38. The van der Waals surface area contributed by atoms with Crippen molar-refractivity contribution in [3.63, 3.8) is 0 Å². The number of aliphatic hydroxyl groups excluding tert-OH is 1. The zero-order chi connectivity index (χ0) is 12.2. The molecule has 0 saturated heterocycles. The maximum atomic E-state index is 10.7. The highest BCUT2D eigenvalue weighted by Crippen LogP contribution is 2.28. The number of carbonyl (C=O) groups is 1. The summed E-state index contributed by atoms with van der Waals surface area (Å²) in [6.45, 7) is 1.21. The van der Waals surface area contributed by atoms with E-state index in [-0.39, 0.29) is 13.2 Å². The Labute approximate surface area is 95.5 Å². The molecule has 1 atom stereocenters. The van der Waals surface area contributed by atoms with E-state index < -0.39 is 17.1 Å². The summed E-state index contributed by atoms with van der Waals surface area (Å²) in [7, 11) is 0. The van der Waals surface area contributed by atoms with Gasteiger partial charge in [-0.05, 0) is 19.8 Å². The first-order valence-corrected chi connectivity index (χ1v) is 5.74. The second-order valence-corrected chi connectivity index (χ2v) is 4.93. The molecule has 4 N–H and O–H groups in total. The Kier molecular flexibility index (Phi) is 4.29. The number of aliphatic carboxylic acids is 1. The van der Waals surface area contributed by atoms with Crippen molar-refractivity contribution in [1.29, 1.82) is 0 Å². The smallest absolute Gasteiger partial charge is 0.336 e. The van der Waals surface area contributed by atoms with Crippen LogP contribution in [0.2, 0.25) is 0 Å². The fourth-order valence-electron chi connectivity index (χ4n) is 2.05. The van der Waals surface area contributed by atoms with Gasteiger partial charge >= 0.3 is 5.97 Å². The predicted molar refractivity (Wildman–Crippen MR) is 59.2 cm³/mol. The van der Waals surface area contributed by atoms with Crippen molar-refractivity contribution in [3.05, 3.63) is 0 Å². The molecule has 1 unspecified atom stereocenters. The van der Waals surface area contributed by atoms with E-state index in [1.54, 1.807) is 0 Å². The monoisotopic (exact) mass is 231 g/mol. The fraction of sp³-hybridized carbons (Fsp3) is 0.909. The lowest BCUT2D eigenvalue weighted by Crippen LogP contribution is -2.56. The highest BCUT2D eigenvalue weighted by Gasteiger charge is 2.36. The topological polar surface area (TPSA) is 89.8 Å². The van der Waals surface area contributed by atoms with Crippen LogP contribution < -0.4 is 5.32 Å². The highest BCUT2D eigenvalue weighted by molar-refractivity contribution is 5.76. The minimum atomic E-state index is -1.78. The van der Waals surface area contributed by atoms with Crippen molar-refractivity contribution in [2.75, 3.05) is 13.2 Å². The first-order chi connectivity index (χ1) is 7.42. The summed E-state index contributed by atoms with van der Waals surface area (Å²) in [6, 6.07) is 0. The Balaban J connectivity index is 2.54. The van der Waals surface area contributed by atoms with Gasteiger partial charge < -0.3 is 20.6 Å². The molecule has 0 aromatic rings. The molecule has 5 heteroatoms. The Morgan fingerprint density at radius 2 is 1.94 bits per heavy atom. The molecule has 0 spiro atoms. The number of hydrogen-bond acceptors (Lipinski definition) is 4. The second kappa shape index (κ2) is 5.12. The van der Waals surface area contributed by atoms with Gasteiger partial charge in [-0.1, -0.05) is 19.3 Å². The lowest BCUT2D eigenvalue weighted by Gasteiger charge is -2.38. The molecule has 94 valence electrons. The van der Waals surface area contributed by atoms with Gasteiger partial charge in [-0.3, -0.25) is 0 Å². The van der Waals surface area contributed by atoms with Gasteiger partial charge in [0, 0.05) is 12.1 Å². The SMILES string of the molecule is CC(O)(CNC1(CO)CCCCC1)C(=O)O. The number of aliphatic hydroxyl groups is 2. The number of nitrogens with one attached hydrogen (secondary N) is 1. The summed E-state index contributed by atoms with van der Waals surface area (Å²) in [4.78, 5) is 10.7. The van der Waals surface area contributed by atoms with Gasteiger partial charge in [-0.2, -0.15) is 0 Å². The molecule has 0 amide bonds. The van der Waals surface area contributed by atoms with Crippen molar-refractivity contribution in [1.82, 2.24) is 5.32 Å². The number of carboxylic acids is 1. The third-order valence-electron chi connectivity index (χ3n) is 3.38. The van der Waals surface area contributed by atoms with E-state index in [0.29, 0.717) is 0 Å². The van der Waals surface area contributed by atoms with Gasteiger partial charge in [0.05, 0.1) is 6.61 Å². The van der Waals surface area contributed by atoms with Crippen LogP contribution in [0.3, 0.4) is 0 Å². The summed E-state index contributed by atoms with van der Waals surface area (Å²) < 4.78 is 0. The van der Waals surface area contributed by atoms with E-state index >= 15 is 0 Å². The van der Waals surface area contributed by atoms with E-state index in [2.05, 4.69) is 5.32 Å². The molecule has 1 aliphatic rings. The van der Waals surface area contributed by atoms with Gasteiger partial charge in [0.15, 0.2) is 5.60 Å². The molecule has 5 nitrogen and oxygen atoms in total. The van der Waals surface area contributed by atoms with E-state index in [4.69, 9.17) is 5.11 Å². The Bertz CT molecular complexity index is 246. The largest absolute Gasteiger partial charge is 0.479 e. The van der Waals surface area contributed by atoms with Gasteiger partial charge in [-0.25, -0.2) is 4.79 Å². The Hall–Kier alpha value is -0.650. The lowest BCUT2D eigenvalue weighted by atomic mass is 9.82. The normalized spacial score (nSPS) is 23.7. The maximum Gasteiger partial charge on any atom is 0.336 e. The maximum absolute atomic E-state index is 10.7. The summed E-state index contributed by atoms with van der Waals surface area (Å²) in [6.07, 6.45) is 4.88. The summed E-state index contributed by atoms with van der Waals surface area (Å²) >= 11 is 0. The molecule has 0 bridgehead atoms. The fourth-order valence-corrected chi connectivity index (χ4v) is 2.05. The van der Waals surface area contributed by atoms with Crippen LogP contribution >= 0.6 is 0 Å². The number of hydrogen-bond donors (Lipinski definition) is 4. The van der Waals surface area contributed by atoms with Crippen LogP contribution in [0.25, 0.3) is 0 Å². The van der Waals surface area contributed by atoms with Gasteiger partial charge in [0.25, 0.3) is 0 Å². The molecule has 1 aliphatic carbocycles. The molecular weight excluding hydrogens is 210 g/mol. The first kappa shape index (κ1) is 13.4. The number of rotatable bonds is 5. The Morgan fingerprint density at radius 1 is 1.38 bits per heavy atom. The van der Waals surface area contributed by atoms with Crippen molar-refractivity contribution in [2.45, 2.75) is 50.2 Å². The molecule has 1 rings (SSSR count). The van der Waals surface area contributed by atoms with Crippen molar-refractivity contribution >= 4 is 5.97 Å². The van der Waals surface area contributed by atoms with Crippen molar-refractivity contribution in [2.24, 2.45) is 0 Å². The van der Waals surface area contributed by atoms with Crippen LogP contribution in [0.5, 0.6) is 0 Å². The average molecular weight is 231 g/mol. The zero-order valence-corrected chi connectivity index (χ0v) is 9.70. The molecule has 16 heavy (non-hydrogen) atoms. The van der Waals surface area contributed by atoms with Crippen LogP contribution in [0, 0.1) is 0 Å². The first-order valence-electron chi connectivity index (χ1n) is 5.74. The molecule has 0 aliphatic heterocycles. The molecule has 0 aromatic carbocycles. The third kappa shape index (κ3) is 3.17. The quantitative estimate of drug-likeness (QED) is 0.539. The predicted octanol–water partition coefficient (Wildman–Crippen LogP) is 0.107. The van der Waals surface area contributed by atoms with E-state index in [1.807, 2.05) is 0 Å². The molecule has 0 aromatic heterocycles. The zero-order valence-electron chi connectivity index (χ0n) is 9.70. The van der Waals surface area contributed by atoms with Crippen molar-refractivity contribution < 1.29 is 20.1 Å². The van der Waals surface area contributed by atoms with E-state index in [9.17, 15) is 15.0 Å². The minimum Gasteiger partial charge on any atom is -0.479 e. The van der Waals surface area contributed by atoms with Crippen LogP contribution in [0.1, 0.15) is 39.0 Å². The summed E-state index contributed by atoms with van der Waals surface area (Å²) in [5.74, 6) is -1.25. The van der Waals surface area contributed by atoms with Gasteiger partial charge in [0.2, 0.25) is 0 Å². The molecule has 0 radical (unpaired) electrons. The average Bonchev–Trinajstić information content (AvgIpc) is 2.28. The minimum absolute atomic E-state index is 0.0112. The van der Waals surface area contributed by atoms with Crippen LogP contribution in [0.15, 0.2) is 0 Å². The summed E-state index contributed by atoms with van der Waals surface area (Å²) in [5.41, 5.74) is -2.18. The van der Waals surface area contributed by atoms with Crippen LogP contribution in [-0.4, -0.2) is 45.6 Å². The number of carboxylic acid groups (broad SMARTS) is 1. The molecular formula is C11H21NO4. The van der Waals surface area contributed by atoms with E-state index in [0.717, 1.165) is 32.1 Å². The van der Waals surface area contributed by atoms with Gasteiger partial charge in [-0.15, -0.1) is 0 Å². The van der Waals surface area contributed by atoms with Crippen LogP contribution in [0.4, 0.5) is 0 Å². The summed E-state index contributed by atoms with van der Waals surface area (Å²) in [5, 5.41) is 30.8. The molecule has 0 heterocycles. The molecule has 1 saturated carbocycles. The highest BCUT2D eigenvalue weighted by atomic mass is 16.4. The second-order valence-electron chi connectivity index (χ2n) is 4.93. The van der Waals surface area contributed by atoms with E-state index in [1.165, 1.54) is 6.92 Å². The van der Waals surface area contributed by atoms with Gasteiger partial charge in [0.1, 0.15) is 0 Å². The number of β-amino-alcohol motifs (C(OH)–C–C–N with tert-alkyl or cyclic N) is 1. The standard InChI is InChI=1S/C11H21NO4/c1-10(16,9(14)15)7-12-11(8-13)5-3-2-4-6-11/h12-13,16H,2-8H2,1H3,(H,14,15). The Morgan fingerprint density at radius 3 is 2.38 bits per heavy atom. The van der Waals surface area contributed by atoms with Crippen LogP contribution in [-0.2, 0) is 4.79 Å².